The zero-order chi connectivity index (χ0) is 16.7. The van der Waals surface area contributed by atoms with Crippen LogP contribution in [0.2, 0.25) is 0 Å². The molecule has 24 heavy (non-hydrogen) atoms. The number of imidazole rings is 1. The molecule has 2 aromatic rings. The van der Waals surface area contributed by atoms with E-state index in [0.29, 0.717) is 18.4 Å². The Balaban J connectivity index is 1.37. The SMILES string of the molecule is Cc1cccc2[nH]c(CNC(=O)NC3C4CCC(C4)C3CO)nc12. The van der Waals surface area contributed by atoms with Gasteiger partial charge in [0.2, 0.25) is 0 Å². The first-order chi connectivity index (χ1) is 11.7. The molecule has 128 valence electrons. The molecule has 4 rings (SSSR count). The second kappa shape index (κ2) is 6.09. The van der Waals surface area contributed by atoms with Crippen molar-refractivity contribution in [2.24, 2.45) is 17.8 Å². The van der Waals surface area contributed by atoms with Gasteiger partial charge >= 0.3 is 6.03 Å². The monoisotopic (exact) mass is 328 g/mol. The van der Waals surface area contributed by atoms with Crippen LogP contribution < -0.4 is 10.6 Å². The van der Waals surface area contributed by atoms with Crippen LogP contribution in [0.4, 0.5) is 4.79 Å². The maximum Gasteiger partial charge on any atom is 0.315 e. The van der Waals surface area contributed by atoms with E-state index in [4.69, 9.17) is 0 Å². The molecule has 6 heteroatoms. The van der Waals surface area contributed by atoms with Crippen molar-refractivity contribution in [3.05, 3.63) is 29.6 Å². The Labute approximate surface area is 141 Å². The number of aliphatic hydroxyl groups excluding tert-OH is 1. The Morgan fingerprint density at radius 1 is 1.38 bits per heavy atom. The van der Waals surface area contributed by atoms with Crippen LogP contribution in [-0.2, 0) is 6.54 Å². The van der Waals surface area contributed by atoms with Crippen molar-refractivity contribution in [1.29, 1.82) is 0 Å². The highest BCUT2D eigenvalue weighted by Crippen LogP contribution is 2.48. The summed E-state index contributed by atoms with van der Waals surface area (Å²) in [5.74, 6) is 2.06. The molecule has 2 aliphatic carbocycles. The average Bonchev–Trinajstić information content (AvgIpc) is 3.27. The number of amides is 2. The fourth-order valence-electron chi connectivity index (χ4n) is 4.57. The molecule has 2 amide bonds. The summed E-state index contributed by atoms with van der Waals surface area (Å²) in [5, 5.41) is 15.6. The van der Waals surface area contributed by atoms with Crippen molar-refractivity contribution in [2.45, 2.75) is 38.8 Å². The normalized spacial score (nSPS) is 28.4. The summed E-state index contributed by atoms with van der Waals surface area (Å²) in [7, 11) is 0. The first-order valence-electron chi connectivity index (χ1n) is 8.75. The number of carbonyl (C=O) groups is 1. The van der Waals surface area contributed by atoms with Crippen LogP contribution in [0.1, 0.15) is 30.7 Å². The molecule has 2 saturated carbocycles. The van der Waals surface area contributed by atoms with Crippen LogP contribution in [0.15, 0.2) is 18.2 Å². The summed E-state index contributed by atoms with van der Waals surface area (Å²) in [4.78, 5) is 20.0. The molecule has 0 radical (unpaired) electrons. The Bertz CT molecular complexity index is 757. The van der Waals surface area contributed by atoms with Crippen LogP contribution in [0.3, 0.4) is 0 Å². The Kier molecular flexibility index (Phi) is 3.92. The van der Waals surface area contributed by atoms with E-state index in [9.17, 15) is 9.90 Å². The average molecular weight is 328 g/mol. The lowest BCUT2D eigenvalue weighted by atomic mass is 9.85. The molecule has 4 atom stereocenters. The molecule has 0 spiro atoms. The third-order valence-corrected chi connectivity index (χ3v) is 5.78. The number of urea groups is 1. The molecule has 1 heterocycles. The van der Waals surface area contributed by atoms with E-state index < -0.39 is 0 Å². The predicted octanol–water partition coefficient (Wildman–Crippen LogP) is 2.08. The van der Waals surface area contributed by atoms with Crippen molar-refractivity contribution in [1.82, 2.24) is 20.6 Å². The number of carbonyl (C=O) groups excluding carboxylic acids is 1. The van der Waals surface area contributed by atoms with Crippen molar-refractivity contribution in [2.75, 3.05) is 6.61 Å². The summed E-state index contributed by atoms with van der Waals surface area (Å²) in [6.07, 6.45) is 3.49. The largest absolute Gasteiger partial charge is 0.396 e. The van der Waals surface area contributed by atoms with Gasteiger partial charge in [-0.3, -0.25) is 0 Å². The predicted molar refractivity (Wildman–Crippen MR) is 91.4 cm³/mol. The number of benzene rings is 1. The van der Waals surface area contributed by atoms with Crippen LogP contribution >= 0.6 is 0 Å². The van der Waals surface area contributed by atoms with Gasteiger partial charge in [0.15, 0.2) is 0 Å². The van der Waals surface area contributed by atoms with E-state index in [1.807, 2.05) is 25.1 Å². The van der Waals surface area contributed by atoms with Gasteiger partial charge in [0.25, 0.3) is 0 Å². The summed E-state index contributed by atoms with van der Waals surface area (Å²) in [5.41, 5.74) is 3.05. The van der Waals surface area contributed by atoms with Crippen molar-refractivity contribution >= 4 is 17.1 Å². The number of fused-ring (bicyclic) bond motifs is 3. The van der Waals surface area contributed by atoms with Crippen molar-refractivity contribution < 1.29 is 9.90 Å². The molecule has 4 unspecified atom stereocenters. The van der Waals surface area contributed by atoms with E-state index in [0.717, 1.165) is 35.3 Å². The van der Waals surface area contributed by atoms with Crippen LogP contribution in [-0.4, -0.2) is 33.8 Å². The number of hydrogen-bond acceptors (Lipinski definition) is 3. The first-order valence-corrected chi connectivity index (χ1v) is 8.75. The molecular weight excluding hydrogens is 304 g/mol. The number of aryl methyl sites for hydroxylation is 1. The highest BCUT2D eigenvalue weighted by Gasteiger charge is 2.47. The van der Waals surface area contributed by atoms with Gasteiger partial charge in [-0.25, -0.2) is 9.78 Å². The van der Waals surface area contributed by atoms with Crippen molar-refractivity contribution in [3.8, 4) is 0 Å². The fourth-order valence-corrected chi connectivity index (χ4v) is 4.57. The fraction of sp³-hybridized carbons (Fsp3) is 0.556. The second-order valence-electron chi connectivity index (χ2n) is 7.19. The molecule has 2 aliphatic rings. The first kappa shape index (κ1) is 15.4. The van der Waals surface area contributed by atoms with Crippen LogP contribution in [0.25, 0.3) is 11.0 Å². The number of aliphatic hydroxyl groups is 1. The molecule has 2 bridgehead atoms. The van der Waals surface area contributed by atoms with Gasteiger partial charge in [-0.2, -0.15) is 0 Å². The quantitative estimate of drug-likeness (QED) is 0.693. The minimum Gasteiger partial charge on any atom is -0.396 e. The zero-order valence-electron chi connectivity index (χ0n) is 13.9. The van der Waals surface area contributed by atoms with Gasteiger partial charge in [-0.05, 0) is 49.7 Å². The van der Waals surface area contributed by atoms with E-state index in [2.05, 4.69) is 20.6 Å². The second-order valence-corrected chi connectivity index (χ2v) is 7.19. The summed E-state index contributed by atoms with van der Waals surface area (Å²) in [6, 6.07) is 5.93. The number of aromatic amines is 1. The minimum absolute atomic E-state index is 0.103. The zero-order valence-corrected chi connectivity index (χ0v) is 13.9. The van der Waals surface area contributed by atoms with Crippen LogP contribution in [0.5, 0.6) is 0 Å². The summed E-state index contributed by atoms with van der Waals surface area (Å²) < 4.78 is 0. The van der Waals surface area contributed by atoms with Gasteiger partial charge in [0, 0.05) is 18.6 Å². The maximum atomic E-state index is 12.2. The van der Waals surface area contributed by atoms with Crippen LogP contribution in [0, 0.1) is 24.7 Å². The lowest BCUT2D eigenvalue weighted by molar-refractivity contribution is 0.144. The number of nitrogens with one attached hydrogen (secondary N) is 3. The lowest BCUT2D eigenvalue weighted by Crippen LogP contribution is -2.48. The molecule has 0 aliphatic heterocycles. The molecule has 4 N–H and O–H groups in total. The number of nitrogens with zero attached hydrogens (tertiary/aromatic N) is 1. The van der Waals surface area contributed by atoms with Gasteiger partial charge in [-0.15, -0.1) is 0 Å². The highest BCUT2D eigenvalue weighted by molar-refractivity contribution is 5.79. The van der Waals surface area contributed by atoms with E-state index in [-0.39, 0.29) is 24.6 Å². The molecule has 2 fully saturated rings. The molecular formula is C18H24N4O2. The maximum absolute atomic E-state index is 12.2. The topological polar surface area (TPSA) is 90.0 Å². The smallest absolute Gasteiger partial charge is 0.315 e. The standard InChI is InChI=1S/C18H24N4O2/c1-10-3-2-4-14-16(10)21-15(20-14)8-19-18(24)22-17-12-6-5-11(7-12)13(17)9-23/h2-4,11-13,17,23H,5-9H2,1H3,(H,20,21)(H2,19,22,24). The van der Waals surface area contributed by atoms with Gasteiger partial charge in [0.05, 0.1) is 17.6 Å². The number of para-hydroxylation sites is 1. The number of aromatic nitrogens is 2. The molecule has 1 aromatic heterocycles. The Morgan fingerprint density at radius 3 is 3.00 bits per heavy atom. The minimum atomic E-state index is -0.178. The highest BCUT2D eigenvalue weighted by atomic mass is 16.3. The van der Waals surface area contributed by atoms with E-state index >= 15 is 0 Å². The molecule has 6 nitrogen and oxygen atoms in total. The third kappa shape index (κ3) is 2.65. The Morgan fingerprint density at radius 2 is 2.21 bits per heavy atom. The number of rotatable bonds is 4. The summed E-state index contributed by atoms with van der Waals surface area (Å²) >= 11 is 0. The Hall–Kier alpha value is -2.08. The van der Waals surface area contributed by atoms with Gasteiger partial charge < -0.3 is 20.7 Å². The van der Waals surface area contributed by atoms with E-state index in [1.54, 1.807) is 0 Å². The molecule has 0 saturated heterocycles. The number of H-pyrrole nitrogens is 1. The number of hydrogen-bond donors (Lipinski definition) is 4. The van der Waals surface area contributed by atoms with E-state index in [1.165, 1.54) is 6.42 Å². The van der Waals surface area contributed by atoms with Gasteiger partial charge in [0.1, 0.15) is 5.82 Å². The van der Waals surface area contributed by atoms with Crippen molar-refractivity contribution in [3.63, 3.8) is 0 Å². The van der Waals surface area contributed by atoms with Gasteiger partial charge in [-0.1, -0.05) is 12.1 Å². The molecule has 1 aromatic carbocycles. The lowest BCUT2D eigenvalue weighted by Gasteiger charge is -2.30. The summed E-state index contributed by atoms with van der Waals surface area (Å²) in [6.45, 7) is 2.55. The third-order valence-electron chi connectivity index (χ3n) is 5.78.